The van der Waals surface area contributed by atoms with Crippen LogP contribution in [0.3, 0.4) is 0 Å². The summed E-state index contributed by atoms with van der Waals surface area (Å²) in [5.41, 5.74) is 5.01. The number of piperazine rings is 1. The van der Waals surface area contributed by atoms with Gasteiger partial charge in [0.2, 0.25) is 0 Å². The first-order valence-corrected chi connectivity index (χ1v) is 11.0. The molecule has 1 aromatic carbocycles. The van der Waals surface area contributed by atoms with Gasteiger partial charge in [-0.15, -0.1) is 0 Å². The highest BCUT2D eigenvalue weighted by atomic mass is 16.2. The molecule has 4 rings (SSSR count). The van der Waals surface area contributed by atoms with Crippen molar-refractivity contribution in [2.24, 2.45) is 0 Å². The zero-order valence-corrected chi connectivity index (χ0v) is 19.0. The SMILES string of the molecule is Cc1nn(-c2ccccc2)c(C)c1CNC(=O)NCc1cccnc1N1CCN(C)CC1. The molecule has 2 aromatic heterocycles. The number of likely N-dealkylation sites (N-methyl/N-ethyl adjacent to an activating group) is 1. The van der Waals surface area contributed by atoms with Gasteiger partial charge in [0.15, 0.2) is 0 Å². The quantitative estimate of drug-likeness (QED) is 0.625. The molecule has 3 heterocycles. The minimum atomic E-state index is -0.204. The topological polar surface area (TPSA) is 78.3 Å². The number of carbonyl (C=O) groups excluding carboxylic acids is 1. The third-order valence-corrected chi connectivity index (χ3v) is 5.98. The molecule has 0 spiro atoms. The molecule has 8 heteroatoms. The number of amides is 2. The molecule has 1 aliphatic rings. The molecule has 1 fully saturated rings. The second-order valence-electron chi connectivity index (χ2n) is 8.21. The maximum absolute atomic E-state index is 12.5. The fourth-order valence-corrected chi connectivity index (χ4v) is 4.03. The maximum atomic E-state index is 12.5. The summed E-state index contributed by atoms with van der Waals surface area (Å²) in [6.45, 7) is 8.77. The van der Waals surface area contributed by atoms with Crippen molar-refractivity contribution in [3.8, 4) is 5.69 Å². The van der Waals surface area contributed by atoms with Gasteiger partial charge >= 0.3 is 6.03 Å². The molecule has 0 radical (unpaired) electrons. The van der Waals surface area contributed by atoms with Crippen molar-refractivity contribution in [1.29, 1.82) is 0 Å². The average molecular weight is 434 g/mol. The fraction of sp³-hybridized carbons (Fsp3) is 0.375. The van der Waals surface area contributed by atoms with Crippen molar-refractivity contribution < 1.29 is 4.79 Å². The van der Waals surface area contributed by atoms with Gasteiger partial charge in [-0.1, -0.05) is 24.3 Å². The molecule has 8 nitrogen and oxygen atoms in total. The minimum absolute atomic E-state index is 0.204. The Labute approximate surface area is 189 Å². The summed E-state index contributed by atoms with van der Waals surface area (Å²) in [4.78, 5) is 21.7. The van der Waals surface area contributed by atoms with E-state index in [1.165, 1.54) is 0 Å². The standard InChI is InChI=1S/C24H31N7O/c1-18-22(19(2)31(28-18)21-9-5-4-6-10-21)17-27-24(32)26-16-20-8-7-11-25-23(20)30-14-12-29(3)13-15-30/h4-11H,12-17H2,1-3H3,(H2,26,27,32). The summed E-state index contributed by atoms with van der Waals surface area (Å²) in [7, 11) is 2.13. The van der Waals surface area contributed by atoms with Gasteiger partial charge in [-0.2, -0.15) is 5.10 Å². The van der Waals surface area contributed by atoms with E-state index >= 15 is 0 Å². The molecule has 2 N–H and O–H groups in total. The predicted octanol–water partition coefficient (Wildman–Crippen LogP) is 2.64. The summed E-state index contributed by atoms with van der Waals surface area (Å²) < 4.78 is 1.92. The van der Waals surface area contributed by atoms with E-state index in [2.05, 4.69) is 37.6 Å². The number of hydrogen-bond donors (Lipinski definition) is 2. The van der Waals surface area contributed by atoms with Crippen LogP contribution in [0.1, 0.15) is 22.5 Å². The van der Waals surface area contributed by atoms with E-state index in [1.54, 1.807) is 0 Å². The number of nitrogens with one attached hydrogen (secondary N) is 2. The Morgan fingerprint density at radius 3 is 2.44 bits per heavy atom. The number of rotatable bonds is 6. The highest BCUT2D eigenvalue weighted by molar-refractivity contribution is 5.74. The smallest absolute Gasteiger partial charge is 0.315 e. The second-order valence-corrected chi connectivity index (χ2v) is 8.21. The van der Waals surface area contributed by atoms with Crippen molar-refractivity contribution in [3.63, 3.8) is 0 Å². The molecule has 1 saturated heterocycles. The first kappa shape index (κ1) is 21.8. The Morgan fingerprint density at radius 1 is 0.969 bits per heavy atom. The van der Waals surface area contributed by atoms with E-state index < -0.39 is 0 Å². The van der Waals surface area contributed by atoms with Gasteiger partial charge in [0, 0.05) is 62.3 Å². The van der Waals surface area contributed by atoms with Gasteiger partial charge in [0.05, 0.1) is 11.4 Å². The molecule has 1 aliphatic heterocycles. The molecule has 2 amide bonds. The number of para-hydroxylation sites is 1. The third kappa shape index (κ3) is 4.91. The number of aromatic nitrogens is 3. The highest BCUT2D eigenvalue weighted by Crippen LogP contribution is 2.19. The van der Waals surface area contributed by atoms with Crippen LogP contribution < -0.4 is 15.5 Å². The molecule has 0 unspecified atom stereocenters. The van der Waals surface area contributed by atoms with Crippen LogP contribution in [-0.2, 0) is 13.1 Å². The lowest BCUT2D eigenvalue weighted by Gasteiger charge is -2.34. The van der Waals surface area contributed by atoms with Gasteiger partial charge in [-0.3, -0.25) is 0 Å². The van der Waals surface area contributed by atoms with E-state index in [0.717, 1.165) is 60.2 Å². The second kappa shape index (κ2) is 9.82. The van der Waals surface area contributed by atoms with E-state index in [9.17, 15) is 4.79 Å². The summed E-state index contributed by atoms with van der Waals surface area (Å²) in [5.74, 6) is 0.955. The summed E-state index contributed by atoms with van der Waals surface area (Å²) in [6.07, 6.45) is 1.81. The Morgan fingerprint density at radius 2 is 1.69 bits per heavy atom. The Kier molecular flexibility index (Phi) is 6.70. The van der Waals surface area contributed by atoms with Gasteiger partial charge in [0.1, 0.15) is 5.82 Å². The highest BCUT2D eigenvalue weighted by Gasteiger charge is 2.18. The van der Waals surface area contributed by atoms with Crippen molar-refractivity contribution in [1.82, 2.24) is 30.3 Å². The number of benzene rings is 1. The first-order valence-electron chi connectivity index (χ1n) is 11.0. The van der Waals surface area contributed by atoms with E-state index in [1.807, 2.05) is 67.2 Å². The molecule has 0 bridgehead atoms. The van der Waals surface area contributed by atoms with Crippen LogP contribution in [0.15, 0.2) is 48.7 Å². The van der Waals surface area contributed by atoms with E-state index in [4.69, 9.17) is 0 Å². The molecule has 0 aliphatic carbocycles. The number of urea groups is 1. The van der Waals surface area contributed by atoms with Crippen molar-refractivity contribution in [2.45, 2.75) is 26.9 Å². The summed E-state index contributed by atoms with van der Waals surface area (Å²) in [5, 5.41) is 10.6. The lowest BCUT2D eigenvalue weighted by atomic mass is 10.2. The van der Waals surface area contributed by atoms with Crippen LogP contribution in [0, 0.1) is 13.8 Å². The lowest BCUT2D eigenvalue weighted by molar-refractivity contribution is 0.240. The minimum Gasteiger partial charge on any atom is -0.354 e. The predicted molar refractivity (Wildman–Crippen MR) is 126 cm³/mol. The fourth-order valence-electron chi connectivity index (χ4n) is 4.03. The Balaban J connectivity index is 1.36. The van der Waals surface area contributed by atoms with Crippen LogP contribution in [0.5, 0.6) is 0 Å². The van der Waals surface area contributed by atoms with Crippen LogP contribution >= 0.6 is 0 Å². The number of anilines is 1. The molecular formula is C24H31N7O. The monoisotopic (exact) mass is 433 g/mol. The van der Waals surface area contributed by atoms with Crippen molar-refractivity contribution >= 4 is 11.8 Å². The van der Waals surface area contributed by atoms with Gasteiger partial charge < -0.3 is 20.4 Å². The summed E-state index contributed by atoms with van der Waals surface area (Å²) >= 11 is 0. The number of nitrogens with zero attached hydrogens (tertiary/aromatic N) is 5. The van der Waals surface area contributed by atoms with Crippen molar-refractivity contribution in [2.75, 3.05) is 38.1 Å². The van der Waals surface area contributed by atoms with Gasteiger partial charge in [0.25, 0.3) is 0 Å². The van der Waals surface area contributed by atoms with E-state index in [-0.39, 0.29) is 6.03 Å². The maximum Gasteiger partial charge on any atom is 0.315 e. The van der Waals surface area contributed by atoms with Crippen LogP contribution in [0.25, 0.3) is 5.69 Å². The van der Waals surface area contributed by atoms with Crippen LogP contribution in [0.2, 0.25) is 0 Å². The molecule has 168 valence electrons. The van der Waals surface area contributed by atoms with Gasteiger partial charge in [-0.05, 0) is 39.1 Å². The van der Waals surface area contributed by atoms with Crippen LogP contribution in [0.4, 0.5) is 10.6 Å². The molecule has 3 aromatic rings. The largest absolute Gasteiger partial charge is 0.354 e. The lowest BCUT2D eigenvalue weighted by Crippen LogP contribution is -2.45. The molecule has 0 atom stereocenters. The van der Waals surface area contributed by atoms with Crippen LogP contribution in [-0.4, -0.2) is 58.9 Å². The normalized spacial score (nSPS) is 14.4. The molecular weight excluding hydrogens is 402 g/mol. The summed E-state index contributed by atoms with van der Waals surface area (Å²) in [6, 6.07) is 13.8. The number of hydrogen-bond acceptors (Lipinski definition) is 5. The van der Waals surface area contributed by atoms with Crippen molar-refractivity contribution in [3.05, 3.63) is 71.2 Å². The Hall–Kier alpha value is -3.39. The number of pyridine rings is 1. The molecule has 32 heavy (non-hydrogen) atoms. The zero-order valence-electron chi connectivity index (χ0n) is 19.0. The first-order chi connectivity index (χ1) is 15.5. The van der Waals surface area contributed by atoms with E-state index in [0.29, 0.717) is 13.1 Å². The molecule has 0 saturated carbocycles. The Bertz CT molecular complexity index is 1060. The zero-order chi connectivity index (χ0) is 22.5. The third-order valence-electron chi connectivity index (χ3n) is 5.98. The average Bonchev–Trinajstić information content (AvgIpc) is 3.11. The van der Waals surface area contributed by atoms with Gasteiger partial charge in [-0.25, -0.2) is 14.5 Å². The number of carbonyl (C=O) groups is 1. The number of aryl methyl sites for hydroxylation is 1.